The maximum Gasteiger partial charge on any atom is 0.114 e. The highest BCUT2D eigenvalue weighted by molar-refractivity contribution is 7.10. The molecule has 3 heteroatoms. The minimum absolute atomic E-state index is 0.0433. The van der Waals surface area contributed by atoms with Crippen molar-refractivity contribution in [1.29, 1.82) is 0 Å². The van der Waals surface area contributed by atoms with E-state index in [0.717, 1.165) is 39.3 Å². The molecule has 1 aliphatic heterocycles. The van der Waals surface area contributed by atoms with Gasteiger partial charge in [-0.25, -0.2) is 0 Å². The predicted molar refractivity (Wildman–Crippen MR) is 129 cm³/mol. The molecule has 2 aliphatic rings. The molecule has 158 valence electrons. The quantitative estimate of drug-likeness (QED) is 0.453. The van der Waals surface area contributed by atoms with Gasteiger partial charge in [0.05, 0.1) is 13.2 Å². The van der Waals surface area contributed by atoms with Crippen molar-refractivity contribution in [2.24, 2.45) is 5.41 Å². The molecular weight excluding hydrogens is 384 g/mol. The lowest BCUT2D eigenvalue weighted by Gasteiger charge is -2.32. The molecule has 0 saturated heterocycles. The van der Waals surface area contributed by atoms with E-state index in [1.807, 2.05) is 0 Å². The van der Waals surface area contributed by atoms with E-state index in [9.17, 15) is 0 Å². The van der Waals surface area contributed by atoms with E-state index >= 15 is 0 Å². The highest BCUT2D eigenvalue weighted by Gasteiger charge is 2.50. The van der Waals surface area contributed by atoms with Gasteiger partial charge in [0.25, 0.3) is 0 Å². The van der Waals surface area contributed by atoms with Crippen molar-refractivity contribution in [1.82, 2.24) is 0 Å². The van der Waals surface area contributed by atoms with Crippen LogP contribution in [-0.4, -0.2) is 34.5 Å². The molecular formula is C27H34O2Si. The van der Waals surface area contributed by atoms with E-state index in [0.29, 0.717) is 0 Å². The molecule has 0 aromatic heterocycles. The summed E-state index contributed by atoms with van der Waals surface area (Å²) in [6, 6.07) is 22.1. The van der Waals surface area contributed by atoms with Gasteiger partial charge in [-0.05, 0) is 59.4 Å². The Hall–Kier alpha value is -1.94. The fourth-order valence-corrected chi connectivity index (χ4v) is 9.56. The number of benzene rings is 2. The minimum Gasteiger partial charge on any atom is -0.381 e. The first-order chi connectivity index (χ1) is 14.5. The first kappa shape index (κ1) is 21.3. The monoisotopic (exact) mass is 418 g/mol. The van der Waals surface area contributed by atoms with Gasteiger partial charge < -0.3 is 9.47 Å². The summed E-state index contributed by atoms with van der Waals surface area (Å²) in [7, 11) is -1.82. The molecule has 2 aromatic carbocycles. The molecule has 4 rings (SSSR count). The van der Waals surface area contributed by atoms with Crippen LogP contribution in [0, 0.1) is 5.41 Å². The van der Waals surface area contributed by atoms with Crippen molar-refractivity contribution < 1.29 is 9.47 Å². The normalized spacial score (nSPS) is 19.5. The van der Waals surface area contributed by atoms with Gasteiger partial charge in [-0.3, -0.25) is 0 Å². The van der Waals surface area contributed by atoms with Crippen LogP contribution in [0.4, 0.5) is 0 Å². The summed E-state index contributed by atoms with van der Waals surface area (Å²) in [5.41, 5.74) is 6.00. The Balaban J connectivity index is 1.87. The Morgan fingerprint density at radius 1 is 0.700 bits per heavy atom. The van der Waals surface area contributed by atoms with E-state index in [2.05, 4.69) is 87.6 Å². The number of ether oxygens (including phenoxy) is 2. The van der Waals surface area contributed by atoms with Gasteiger partial charge >= 0.3 is 0 Å². The summed E-state index contributed by atoms with van der Waals surface area (Å²) in [6.07, 6.45) is 2.11. The Morgan fingerprint density at radius 2 is 1.10 bits per heavy atom. The molecule has 0 unspecified atom stereocenters. The first-order valence-electron chi connectivity index (χ1n) is 11.3. The summed E-state index contributed by atoms with van der Waals surface area (Å²) >= 11 is 0. The number of hydrogen-bond acceptors (Lipinski definition) is 2. The second kappa shape index (κ2) is 8.66. The molecule has 1 fully saturated rings. The fourth-order valence-electron chi connectivity index (χ4n) is 5.55. The van der Waals surface area contributed by atoms with Gasteiger partial charge in [0.1, 0.15) is 8.07 Å². The molecule has 0 atom stereocenters. The number of hydrogen-bond donors (Lipinski definition) is 0. The van der Waals surface area contributed by atoms with Crippen LogP contribution in [0.3, 0.4) is 0 Å². The van der Waals surface area contributed by atoms with Crippen molar-refractivity contribution in [2.75, 3.05) is 26.4 Å². The molecule has 0 amide bonds. The van der Waals surface area contributed by atoms with Crippen molar-refractivity contribution in [2.45, 2.75) is 39.8 Å². The third kappa shape index (κ3) is 3.75. The maximum atomic E-state index is 6.00. The third-order valence-electron chi connectivity index (χ3n) is 6.67. The molecule has 2 aromatic rings. The number of fused-ring (bicyclic) bond motifs is 1. The van der Waals surface area contributed by atoms with E-state index in [1.54, 1.807) is 21.5 Å². The zero-order valence-electron chi connectivity index (χ0n) is 18.8. The molecule has 1 saturated carbocycles. The highest BCUT2D eigenvalue weighted by Crippen LogP contribution is 2.59. The van der Waals surface area contributed by atoms with Crippen molar-refractivity contribution in [3.63, 3.8) is 0 Å². The standard InChI is InChI=1S/C27H34O2Si/c1-5-28-19-27(20-29-6-2)17-23-24(18-27)26(22-15-11-8-12-16-22)30(3,4)25(23)21-13-9-7-10-14-21/h7-16H,5-6,17-20H2,1-4H3. The van der Waals surface area contributed by atoms with Crippen LogP contribution in [0.5, 0.6) is 0 Å². The van der Waals surface area contributed by atoms with Crippen molar-refractivity contribution in [3.8, 4) is 0 Å². The van der Waals surface area contributed by atoms with Crippen molar-refractivity contribution in [3.05, 3.63) is 82.9 Å². The van der Waals surface area contributed by atoms with Gasteiger partial charge in [-0.2, -0.15) is 0 Å². The number of allylic oxidation sites excluding steroid dienone is 2. The van der Waals surface area contributed by atoms with E-state index < -0.39 is 8.07 Å². The summed E-state index contributed by atoms with van der Waals surface area (Å²) in [5, 5.41) is 3.23. The van der Waals surface area contributed by atoms with E-state index in [-0.39, 0.29) is 5.41 Å². The van der Waals surface area contributed by atoms with Gasteiger partial charge in [-0.1, -0.05) is 73.8 Å². The second-order valence-corrected chi connectivity index (χ2v) is 13.4. The van der Waals surface area contributed by atoms with E-state index in [1.165, 1.54) is 11.1 Å². The van der Waals surface area contributed by atoms with Crippen LogP contribution in [-0.2, 0) is 9.47 Å². The molecule has 0 N–H and O–H groups in total. The molecule has 0 spiro atoms. The average Bonchev–Trinajstić information content (AvgIpc) is 3.20. The molecule has 1 heterocycles. The molecule has 2 nitrogen and oxygen atoms in total. The SMILES string of the molecule is CCOCC1(COCC)CC2=C(c3ccccc3)[Si](C)(C)C(c3ccccc3)=C2C1. The first-order valence-corrected chi connectivity index (χ1v) is 14.3. The molecule has 1 aliphatic carbocycles. The van der Waals surface area contributed by atoms with Crippen molar-refractivity contribution >= 4 is 18.5 Å². The average molecular weight is 419 g/mol. The highest BCUT2D eigenvalue weighted by atomic mass is 28.3. The second-order valence-electron chi connectivity index (χ2n) is 9.19. The van der Waals surface area contributed by atoms with Crippen LogP contribution in [0.2, 0.25) is 13.1 Å². The van der Waals surface area contributed by atoms with Gasteiger partial charge in [0, 0.05) is 18.6 Å². The minimum atomic E-state index is -1.82. The zero-order chi connectivity index (χ0) is 21.2. The summed E-state index contributed by atoms with van der Waals surface area (Å²) < 4.78 is 12.0. The Kier molecular flexibility index (Phi) is 6.15. The Labute approximate surface area is 182 Å². The summed E-state index contributed by atoms with van der Waals surface area (Å²) in [5.74, 6) is 0. The zero-order valence-corrected chi connectivity index (χ0v) is 19.8. The Bertz CT molecular complexity index is 864. The lowest BCUT2D eigenvalue weighted by molar-refractivity contribution is -0.00913. The summed E-state index contributed by atoms with van der Waals surface area (Å²) in [6.45, 7) is 12.3. The molecule has 0 bridgehead atoms. The van der Waals surface area contributed by atoms with Crippen LogP contribution in [0.15, 0.2) is 71.8 Å². The molecule has 30 heavy (non-hydrogen) atoms. The third-order valence-corrected chi connectivity index (χ3v) is 10.4. The van der Waals surface area contributed by atoms with Crippen LogP contribution in [0.25, 0.3) is 10.4 Å². The maximum absolute atomic E-state index is 6.00. The smallest absolute Gasteiger partial charge is 0.114 e. The fraction of sp³-hybridized carbons (Fsp3) is 0.407. The van der Waals surface area contributed by atoms with Crippen LogP contribution in [0.1, 0.15) is 37.8 Å². The topological polar surface area (TPSA) is 18.5 Å². The lowest BCUT2D eigenvalue weighted by Crippen LogP contribution is -2.33. The van der Waals surface area contributed by atoms with E-state index in [4.69, 9.17) is 9.47 Å². The predicted octanol–water partition coefficient (Wildman–Crippen LogP) is 6.55. The molecule has 0 radical (unpaired) electrons. The van der Waals surface area contributed by atoms with Gasteiger partial charge in [-0.15, -0.1) is 0 Å². The largest absolute Gasteiger partial charge is 0.381 e. The Morgan fingerprint density at radius 3 is 1.47 bits per heavy atom. The van der Waals surface area contributed by atoms with Crippen LogP contribution >= 0.6 is 0 Å². The number of rotatable bonds is 8. The van der Waals surface area contributed by atoms with Crippen LogP contribution < -0.4 is 0 Å². The summed E-state index contributed by atoms with van der Waals surface area (Å²) in [4.78, 5) is 0. The lowest BCUT2D eigenvalue weighted by atomic mass is 9.87. The van der Waals surface area contributed by atoms with Gasteiger partial charge in [0.15, 0.2) is 0 Å². The van der Waals surface area contributed by atoms with Gasteiger partial charge in [0.2, 0.25) is 0 Å².